The lowest BCUT2D eigenvalue weighted by Gasteiger charge is -2.10. The van der Waals surface area contributed by atoms with E-state index in [9.17, 15) is 9.90 Å². The molecule has 0 spiro atoms. The van der Waals surface area contributed by atoms with Crippen molar-refractivity contribution in [2.24, 2.45) is 0 Å². The summed E-state index contributed by atoms with van der Waals surface area (Å²) in [5.41, 5.74) is 0.563. The smallest absolute Gasteiger partial charge is 0.333 e. The predicted octanol–water partition coefficient (Wildman–Crippen LogP) is 2.33. The van der Waals surface area contributed by atoms with Gasteiger partial charge in [0.1, 0.15) is 5.75 Å². The lowest BCUT2D eigenvalue weighted by molar-refractivity contribution is -0.167. The number of benzene rings is 1. The summed E-state index contributed by atoms with van der Waals surface area (Å²) in [6.07, 6.45) is 2.18. The highest BCUT2D eigenvalue weighted by Crippen LogP contribution is 2.16. The van der Waals surface area contributed by atoms with Gasteiger partial charge < -0.3 is 14.6 Å². The van der Waals surface area contributed by atoms with Crippen LogP contribution in [0.1, 0.15) is 19.4 Å². The molecule has 1 aromatic carbocycles. The molecule has 4 heteroatoms. The van der Waals surface area contributed by atoms with Gasteiger partial charge in [0.2, 0.25) is 0 Å². The fraction of sp³-hybridized carbons (Fsp3) is 0.308. The number of hydrogen-bond donors (Lipinski definition) is 1. The molecule has 92 valence electrons. The highest BCUT2D eigenvalue weighted by molar-refractivity contribution is 5.87. The first kappa shape index (κ1) is 13.3. The van der Waals surface area contributed by atoms with Crippen molar-refractivity contribution in [3.05, 3.63) is 35.9 Å². The van der Waals surface area contributed by atoms with E-state index in [-0.39, 0.29) is 5.75 Å². The molecule has 17 heavy (non-hydrogen) atoms. The summed E-state index contributed by atoms with van der Waals surface area (Å²) in [6, 6.07) is 6.73. The summed E-state index contributed by atoms with van der Waals surface area (Å²) in [7, 11) is 0. The Morgan fingerprint density at radius 1 is 1.47 bits per heavy atom. The number of esters is 1. The molecule has 1 atom stereocenters. The minimum Gasteiger partial charge on any atom is -0.507 e. The highest BCUT2D eigenvalue weighted by Gasteiger charge is 2.05. The van der Waals surface area contributed by atoms with Gasteiger partial charge in [-0.05, 0) is 26.0 Å². The van der Waals surface area contributed by atoms with Crippen LogP contribution >= 0.6 is 0 Å². The van der Waals surface area contributed by atoms with Gasteiger partial charge in [-0.25, -0.2) is 4.79 Å². The maximum absolute atomic E-state index is 11.3. The zero-order valence-corrected chi connectivity index (χ0v) is 9.92. The third-order valence-electron chi connectivity index (χ3n) is 2.02. The van der Waals surface area contributed by atoms with Gasteiger partial charge in [0.25, 0.3) is 0 Å². The SMILES string of the molecule is CCOC(C)OC(=O)/C=C/c1ccccc1O. The Hall–Kier alpha value is -1.81. The second-order valence-electron chi connectivity index (χ2n) is 3.35. The predicted molar refractivity (Wildman–Crippen MR) is 64.3 cm³/mol. The Bertz CT molecular complexity index is 398. The fourth-order valence-corrected chi connectivity index (χ4v) is 1.26. The third-order valence-corrected chi connectivity index (χ3v) is 2.02. The molecule has 4 nitrogen and oxygen atoms in total. The van der Waals surface area contributed by atoms with Gasteiger partial charge >= 0.3 is 5.97 Å². The summed E-state index contributed by atoms with van der Waals surface area (Å²) in [6.45, 7) is 3.95. The Morgan fingerprint density at radius 2 is 2.18 bits per heavy atom. The van der Waals surface area contributed by atoms with E-state index in [0.29, 0.717) is 12.2 Å². The molecule has 0 saturated heterocycles. The van der Waals surface area contributed by atoms with E-state index in [1.165, 1.54) is 12.2 Å². The molecule has 1 aromatic rings. The van der Waals surface area contributed by atoms with Gasteiger partial charge in [0, 0.05) is 18.2 Å². The molecule has 0 saturated carbocycles. The number of aromatic hydroxyl groups is 1. The maximum Gasteiger partial charge on any atom is 0.333 e. The second kappa shape index (κ2) is 6.70. The molecular formula is C13H16O4. The minimum absolute atomic E-state index is 0.120. The van der Waals surface area contributed by atoms with Crippen molar-refractivity contribution in [3.8, 4) is 5.75 Å². The molecule has 0 aromatic heterocycles. The van der Waals surface area contributed by atoms with Crippen LogP contribution in [0.5, 0.6) is 5.75 Å². The summed E-state index contributed by atoms with van der Waals surface area (Å²) in [5, 5.41) is 9.46. The van der Waals surface area contributed by atoms with Crippen LogP contribution in [-0.4, -0.2) is 24.0 Å². The average molecular weight is 236 g/mol. The normalized spacial score (nSPS) is 12.6. The van der Waals surface area contributed by atoms with Crippen LogP contribution in [-0.2, 0) is 14.3 Å². The first-order chi connectivity index (χ1) is 8.13. The quantitative estimate of drug-likeness (QED) is 0.484. The molecule has 0 aliphatic heterocycles. The van der Waals surface area contributed by atoms with Gasteiger partial charge in [-0.2, -0.15) is 0 Å². The number of para-hydroxylation sites is 1. The van der Waals surface area contributed by atoms with E-state index in [4.69, 9.17) is 9.47 Å². The summed E-state index contributed by atoms with van der Waals surface area (Å²) < 4.78 is 9.98. The van der Waals surface area contributed by atoms with Crippen molar-refractivity contribution in [1.29, 1.82) is 0 Å². The molecule has 0 amide bonds. The van der Waals surface area contributed by atoms with E-state index in [0.717, 1.165) is 0 Å². The Balaban J connectivity index is 2.54. The van der Waals surface area contributed by atoms with Gasteiger partial charge in [-0.15, -0.1) is 0 Å². The van der Waals surface area contributed by atoms with Crippen molar-refractivity contribution in [2.75, 3.05) is 6.61 Å². The molecule has 0 heterocycles. The van der Waals surface area contributed by atoms with E-state index >= 15 is 0 Å². The van der Waals surface area contributed by atoms with Crippen LogP contribution in [0.3, 0.4) is 0 Å². The first-order valence-corrected chi connectivity index (χ1v) is 5.41. The number of hydrogen-bond acceptors (Lipinski definition) is 4. The van der Waals surface area contributed by atoms with Gasteiger partial charge in [-0.3, -0.25) is 0 Å². The van der Waals surface area contributed by atoms with Crippen molar-refractivity contribution < 1.29 is 19.4 Å². The van der Waals surface area contributed by atoms with E-state index in [1.807, 2.05) is 6.92 Å². The van der Waals surface area contributed by atoms with Crippen LogP contribution in [0.2, 0.25) is 0 Å². The van der Waals surface area contributed by atoms with Gasteiger partial charge in [0.15, 0.2) is 6.29 Å². The maximum atomic E-state index is 11.3. The highest BCUT2D eigenvalue weighted by atomic mass is 16.7. The van der Waals surface area contributed by atoms with E-state index < -0.39 is 12.3 Å². The largest absolute Gasteiger partial charge is 0.507 e. The standard InChI is InChI=1S/C13H16O4/c1-3-16-10(2)17-13(15)9-8-11-6-4-5-7-12(11)14/h4-10,14H,3H2,1-2H3/b9-8+. The lowest BCUT2D eigenvalue weighted by atomic mass is 10.2. The van der Waals surface area contributed by atoms with Crippen LogP contribution in [0.25, 0.3) is 6.08 Å². The average Bonchev–Trinajstić information content (AvgIpc) is 2.28. The minimum atomic E-state index is -0.568. The zero-order chi connectivity index (χ0) is 12.7. The van der Waals surface area contributed by atoms with Gasteiger partial charge in [-0.1, -0.05) is 18.2 Å². The number of phenols is 1. The Kier molecular flexibility index (Phi) is 5.23. The topological polar surface area (TPSA) is 55.8 Å². The summed E-state index contributed by atoms with van der Waals surface area (Å²) >= 11 is 0. The van der Waals surface area contributed by atoms with Crippen LogP contribution in [0, 0.1) is 0 Å². The molecule has 0 aliphatic carbocycles. The van der Waals surface area contributed by atoms with Crippen LogP contribution in [0.15, 0.2) is 30.3 Å². The Morgan fingerprint density at radius 3 is 2.82 bits per heavy atom. The van der Waals surface area contributed by atoms with Crippen molar-refractivity contribution in [3.63, 3.8) is 0 Å². The molecule has 0 bridgehead atoms. The number of rotatable bonds is 5. The van der Waals surface area contributed by atoms with Crippen LogP contribution in [0.4, 0.5) is 0 Å². The lowest BCUT2D eigenvalue weighted by Crippen LogP contribution is -2.16. The number of carbonyl (C=O) groups excluding carboxylic acids is 1. The molecule has 0 fully saturated rings. The zero-order valence-electron chi connectivity index (χ0n) is 9.92. The molecule has 1 rings (SSSR count). The molecule has 0 radical (unpaired) electrons. The van der Waals surface area contributed by atoms with Crippen molar-refractivity contribution in [1.82, 2.24) is 0 Å². The van der Waals surface area contributed by atoms with Gasteiger partial charge in [0.05, 0.1) is 0 Å². The molecule has 1 unspecified atom stereocenters. The fourth-order valence-electron chi connectivity index (χ4n) is 1.26. The van der Waals surface area contributed by atoms with E-state index in [2.05, 4.69) is 0 Å². The summed E-state index contributed by atoms with van der Waals surface area (Å²) in [4.78, 5) is 11.3. The molecule has 0 aliphatic rings. The van der Waals surface area contributed by atoms with Crippen LogP contribution < -0.4 is 0 Å². The van der Waals surface area contributed by atoms with Crippen molar-refractivity contribution in [2.45, 2.75) is 20.1 Å². The number of phenolic OH excluding ortho intramolecular Hbond substituents is 1. The Labute approximate surface area is 100 Å². The number of ether oxygens (including phenoxy) is 2. The van der Waals surface area contributed by atoms with E-state index in [1.54, 1.807) is 31.2 Å². The first-order valence-electron chi connectivity index (χ1n) is 5.41. The summed E-state index contributed by atoms with van der Waals surface area (Å²) in [5.74, 6) is -0.386. The molecular weight excluding hydrogens is 220 g/mol. The second-order valence-corrected chi connectivity index (χ2v) is 3.35. The number of carbonyl (C=O) groups is 1. The monoisotopic (exact) mass is 236 g/mol. The molecule has 1 N–H and O–H groups in total. The van der Waals surface area contributed by atoms with Crippen molar-refractivity contribution >= 4 is 12.0 Å². The third kappa shape index (κ3) is 4.70.